The Kier molecular flexibility index (Phi) is 4.96. The van der Waals surface area contributed by atoms with Crippen molar-refractivity contribution in [2.24, 2.45) is 5.73 Å². The van der Waals surface area contributed by atoms with Gasteiger partial charge >= 0.3 is 13.6 Å². The highest BCUT2D eigenvalue weighted by atomic mass is 31.2. The maximum Gasteiger partial charge on any atom is 0.329 e. The predicted molar refractivity (Wildman–Crippen MR) is 47.7 cm³/mol. The number of aliphatic hydroxyl groups is 1. The van der Waals surface area contributed by atoms with Gasteiger partial charge in [0, 0.05) is 0 Å². The third kappa shape index (κ3) is 5.85. The molecule has 0 spiro atoms. The smallest absolute Gasteiger partial charge is 0.329 e. The van der Waals surface area contributed by atoms with Crippen LogP contribution in [-0.2, 0) is 9.36 Å². The molecule has 1 atom stereocenters. The largest absolute Gasteiger partial charge is 0.480 e. The van der Waals surface area contributed by atoms with Crippen molar-refractivity contribution in [3.63, 3.8) is 0 Å². The van der Waals surface area contributed by atoms with Crippen molar-refractivity contribution in [2.45, 2.75) is 6.04 Å². The number of aliphatic hydroxyl groups excluding tert-OH is 1. The molecule has 0 aliphatic carbocycles. The second kappa shape index (κ2) is 5.23. The van der Waals surface area contributed by atoms with E-state index >= 15 is 0 Å². The predicted octanol–water partition coefficient (Wildman–Crippen LogP) is -1.51. The Morgan fingerprint density at radius 1 is 1.50 bits per heavy atom. The molecule has 0 radical (unpaired) electrons. The molecule has 0 rings (SSSR count). The number of nitrogens with two attached hydrogens (primary N) is 1. The summed E-state index contributed by atoms with van der Waals surface area (Å²) in [6.07, 6.45) is 0.228. The van der Waals surface area contributed by atoms with Gasteiger partial charge in [-0.2, -0.15) is 0 Å². The van der Waals surface area contributed by atoms with Gasteiger partial charge in [-0.05, 0) is 5.57 Å². The fourth-order valence-electron chi connectivity index (χ4n) is 0.745. The molecular weight excluding hydrogens is 213 g/mol. The van der Waals surface area contributed by atoms with Crippen LogP contribution >= 0.6 is 7.60 Å². The highest BCUT2D eigenvalue weighted by Gasteiger charge is 2.17. The minimum Gasteiger partial charge on any atom is -0.480 e. The third-order valence-electron chi connectivity index (χ3n) is 1.31. The summed E-state index contributed by atoms with van der Waals surface area (Å²) < 4.78 is 10.5. The fraction of sp³-hybridized carbons (Fsp3) is 0.500. The first kappa shape index (κ1) is 13.3. The monoisotopic (exact) mass is 225 g/mol. The van der Waals surface area contributed by atoms with E-state index in [1.165, 1.54) is 0 Å². The number of carboxylic acids is 1. The van der Waals surface area contributed by atoms with Crippen LogP contribution in [0.4, 0.5) is 0 Å². The Bertz CT molecular complexity index is 282. The molecule has 82 valence electrons. The Hall–Kier alpha value is -0.720. The first-order valence-electron chi connectivity index (χ1n) is 3.59. The summed E-state index contributed by atoms with van der Waals surface area (Å²) in [5, 5.41) is 17.0. The van der Waals surface area contributed by atoms with Crippen molar-refractivity contribution < 1.29 is 29.4 Å². The minimum absolute atomic E-state index is 0.0896. The van der Waals surface area contributed by atoms with Crippen LogP contribution in [0.1, 0.15) is 0 Å². The highest BCUT2D eigenvalue weighted by Crippen LogP contribution is 2.36. The lowest BCUT2D eigenvalue weighted by Gasteiger charge is -2.07. The lowest BCUT2D eigenvalue weighted by molar-refractivity contribution is -0.137. The standard InChI is InChI=1S/C6H12NO6P/c7-5(6(9)10)1-4(2-8)3-14(11,12)13/h1,5,8H,2-3,7H2,(H,9,10)(H2,11,12,13). The molecule has 8 heteroatoms. The number of aliphatic carboxylic acids is 1. The van der Waals surface area contributed by atoms with Crippen molar-refractivity contribution in [1.29, 1.82) is 0 Å². The van der Waals surface area contributed by atoms with Crippen molar-refractivity contribution in [3.05, 3.63) is 11.6 Å². The minimum atomic E-state index is -4.30. The van der Waals surface area contributed by atoms with E-state index in [1.54, 1.807) is 0 Å². The summed E-state index contributed by atoms with van der Waals surface area (Å²) in [6, 6.07) is -1.37. The lowest BCUT2D eigenvalue weighted by Crippen LogP contribution is -2.28. The summed E-state index contributed by atoms with van der Waals surface area (Å²) in [7, 11) is -4.30. The summed E-state index contributed by atoms with van der Waals surface area (Å²) in [5.74, 6) is -1.33. The molecule has 14 heavy (non-hydrogen) atoms. The van der Waals surface area contributed by atoms with E-state index in [4.69, 9.17) is 25.7 Å². The molecule has 0 saturated carbocycles. The van der Waals surface area contributed by atoms with Crippen LogP contribution in [0.5, 0.6) is 0 Å². The van der Waals surface area contributed by atoms with Gasteiger partial charge in [-0.25, -0.2) is 0 Å². The van der Waals surface area contributed by atoms with Gasteiger partial charge in [0.15, 0.2) is 0 Å². The highest BCUT2D eigenvalue weighted by molar-refractivity contribution is 7.52. The van der Waals surface area contributed by atoms with Crippen molar-refractivity contribution in [3.8, 4) is 0 Å². The second-order valence-electron chi connectivity index (χ2n) is 2.67. The quantitative estimate of drug-likeness (QED) is 0.283. The Balaban J connectivity index is 4.56. The zero-order valence-corrected chi connectivity index (χ0v) is 8.09. The topological polar surface area (TPSA) is 141 Å². The van der Waals surface area contributed by atoms with Crippen molar-refractivity contribution in [1.82, 2.24) is 0 Å². The van der Waals surface area contributed by atoms with Gasteiger partial charge in [-0.3, -0.25) is 9.36 Å². The number of hydrogen-bond acceptors (Lipinski definition) is 4. The van der Waals surface area contributed by atoms with E-state index < -0.39 is 32.4 Å². The molecule has 0 saturated heterocycles. The molecule has 1 unspecified atom stereocenters. The van der Waals surface area contributed by atoms with Crippen LogP contribution in [0, 0.1) is 0 Å². The van der Waals surface area contributed by atoms with Gasteiger partial charge in [0.05, 0.1) is 12.8 Å². The number of carbonyl (C=O) groups is 1. The number of hydrogen-bond donors (Lipinski definition) is 5. The summed E-state index contributed by atoms with van der Waals surface area (Å²) in [4.78, 5) is 27.4. The van der Waals surface area contributed by atoms with Crippen molar-refractivity contribution >= 4 is 13.6 Å². The molecule has 0 aromatic rings. The van der Waals surface area contributed by atoms with E-state index in [-0.39, 0.29) is 5.57 Å². The third-order valence-corrected chi connectivity index (χ3v) is 2.13. The van der Waals surface area contributed by atoms with E-state index in [9.17, 15) is 9.36 Å². The molecule has 0 aliphatic rings. The molecule has 0 amide bonds. The van der Waals surface area contributed by atoms with Gasteiger partial charge in [-0.15, -0.1) is 0 Å². The molecule has 0 aliphatic heterocycles. The van der Waals surface area contributed by atoms with Gasteiger partial charge in [-0.1, -0.05) is 6.08 Å². The summed E-state index contributed by atoms with van der Waals surface area (Å²) in [6.45, 7) is -0.633. The van der Waals surface area contributed by atoms with Gasteiger partial charge < -0.3 is 25.7 Å². The van der Waals surface area contributed by atoms with Crippen LogP contribution in [0.25, 0.3) is 0 Å². The van der Waals surface area contributed by atoms with Crippen LogP contribution in [0.2, 0.25) is 0 Å². The summed E-state index contributed by atoms with van der Waals surface area (Å²) >= 11 is 0. The maximum atomic E-state index is 10.5. The number of rotatable bonds is 5. The molecule has 0 fully saturated rings. The van der Waals surface area contributed by atoms with Crippen LogP contribution in [0.3, 0.4) is 0 Å². The SMILES string of the molecule is NC(C=C(CO)CP(=O)(O)O)C(=O)O. The normalized spacial score (nSPS) is 15.3. The first-order chi connectivity index (χ1) is 6.26. The van der Waals surface area contributed by atoms with E-state index in [0.717, 1.165) is 6.08 Å². The van der Waals surface area contributed by atoms with Crippen LogP contribution in [0.15, 0.2) is 11.6 Å². The second-order valence-corrected chi connectivity index (χ2v) is 4.32. The first-order valence-corrected chi connectivity index (χ1v) is 5.39. The molecule has 0 heterocycles. The van der Waals surface area contributed by atoms with Crippen LogP contribution in [-0.4, -0.2) is 44.8 Å². The number of carboxylic acid groups (broad SMARTS) is 1. The zero-order chi connectivity index (χ0) is 11.4. The molecule has 6 N–H and O–H groups in total. The van der Waals surface area contributed by atoms with Crippen molar-refractivity contribution in [2.75, 3.05) is 12.8 Å². The molecule has 0 aromatic heterocycles. The fourth-order valence-corrected chi connectivity index (χ4v) is 1.48. The Morgan fingerprint density at radius 2 is 2.00 bits per heavy atom. The lowest BCUT2D eigenvalue weighted by atomic mass is 10.2. The Morgan fingerprint density at radius 3 is 2.29 bits per heavy atom. The molecule has 7 nitrogen and oxygen atoms in total. The van der Waals surface area contributed by atoms with E-state index in [1.807, 2.05) is 0 Å². The molecule has 0 aromatic carbocycles. The Labute approximate surface area is 80.0 Å². The van der Waals surface area contributed by atoms with Gasteiger partial charge in [0.25, 0.3) is 0 Å². The molecule has 0 bridgehead atoms. The zero-order valence-electron chi connectivity index (χ0n) is 7.20. The van der Waals surface area contributed by atoms with Crippen LogP contribution < -0.4 is 5.73 Å². The van der Waals surface area contributed by atoms with E-state index in [0.29, 0.717) is 0 Å². The van der Waals surface area contributed by atoms with Gasteiger partial charge in [0.1, 0.15) is 6.04 Å². The average Bonchev–Trinajstić information content (AvgIpc) is 2.00. The van der Waals surface area contributed by atoms with E-state index in [2.05, 4.69) is 0 Å². The average molecular weight is 225 g/mol. The summed E-state index contributed by atoms with van der Waals surface area (Å²) in [5.41, 5.74) is 4.98. The van der Waals surface area contributed by atoms with Gasteiger partial charge in [0.2, 0.25) is 0 Å². The molecular formula is C6H12NO6P. The maximum absolute atomic E-state index is 10.5.